The number of ketones is 2. The van der Waals surface area contributed by atoms with Gasteiger partial charge in [-0.25, -0.2) is 0 Å². The van der Waals surface area contributed by atoms with Gasteiger partial charge in [0.2, 0.25) is 11.6 Å². The standard InChI is InChI=1S/C19H14O3/c1-3-11-5-4-6-13-12(11)7-8-14-16(13)18(21)17(20)15-10(2)9-22-19(14)15/h4-9H,3H2,1-2H3. The molecule has 4 rings (SSSR count). The molecule has 1 aliphatic rings. The number of aryl methyl sites for hydroxylation is 2. The molecular weight excluding hydrogens is 276 g/mol. The minimum Gasteiger partial charge on any atom is -0.463 e. The van der Waals surface area contributed by atoms with Crippen molar-refractivity contribution >= 4 is 22.3 Å². The van der Waals surface area contributed by atoms with E-state index in [1.807, 2.05) is 30.3 Å². The van der Waals surface area contributed by atoms with Crippen LogP contribution in [0.5, 0.6) is 0 Å². The van der Waals surface area contributed by atoms with E-state index >= 15 is 0 Å². The summed E-state index contributed by atoms with van der Waals surface area (Å²) in [5, 5.41) is 1.85. The summed E-state index contributed by atoms with van der Waals surface area (Å²) >= 11 is 0. The van der Waals surface area contributed by atoms with Crippen molar-refractivity contribution in [2.45, 2.75) is 20.3 Å². The summed E-state index contributed by atoms with van der Waals surface area (Å²) in [5.74, 6) is -0.394. The number of Topliss-reactive ketones (excluding diaryl/α,β-unsaturated/α-hetero) is 2. The Morgan fingerprint density at radius 3 is 2.50 bits per heavy atom. The van der Waals surface area contributed by atoms with Crippen molar-refractivity contribution in [3.05, 3.63) is 58.8 Å². The van der Waals surface area contributed by atoms with Gasteiger partial charge in [-0.2, -0.15) is 0 Å². The first-order valence-corrected chi connectivity index (χ1v) is 7.35. The number of hydrogen-bond donors (Lipinski definition) is 0. The first-order valence-electron chi connectivity index (χ1n) is 7.35. The van der Waals surface area contributed by atoms with Gasteiger partial charge in [-0.05, 0) is 41.3 Å². The van der Waals surface area contributed by atoms with Gasteiger partial charge in [0.1, 0.15) is 5.76 Å². The maximum absolute atomic E-state index is 12.7. The van der Waals surface area contributed by atoms with Gasteiger partial charge >= 0.3 is 0 Å². The molecule has 2 aromatic carbocycles. The van der Waals surface area contributed by atoms with Crippen LogP contribution in [0.4, 0.5) is 0 Å². The van der Waals surface area contributed by atoms with Gasteiger partial charge in [-0.15, -0.1) is 0 Å². The van der Waals surface area contributed by atoms with E-state index in [1.165, 1.54) is 11.8 Å². The van der Waals surface area contributed by atoms with Crippen LogP contribution in [0.1, 0.15) is 38.8 Å². The summed E-state index contributed by atoms with van der Waals surface area (Å²) in [4.78, 5) is 25.1. The molecule has 22 heavy (non-hydrogen) atoms. The molecule has 0 aliphatic heterocycles. The molecule has 0 fully saturated rings. The van der Waals surface area contributed by atoms with E-state index < -0.39 is 11.6 Å². The summed E-state index contributed by atoms with van der Waals surface area (Å²) in [7, 11) is 0. The first-order chi connectivity index (χ1) is 10.6. The molecule has 0 radical (unpaired) electrons. The van der Waals surface area contributed by atoms with Gasteiger partial charge < -0.3 is 4.42 Å². The van der Waals surface area contributed by atoms with Gasteiger partial charge in [0.15, 0.2) is 0 Å². The number of hydrogen-bond acceptors (Lipinski definition) is 3. The van der Waals surface area contributed by atoms with E-state index in [1.54, 1.807) is 6.92 Å². The number of rotatable bonds is 1. The molecule has 0 bridgehead atoms. The molecule has 3 aromatic rings. The number of fused-ring (bicyclic) bond motifs is 5. The average Bonchev–Trinajstić information content (AvgIpc) is 2.93. The van der Waals surface area contributed by atoms with E-state index in [2.05, 4.69) is 6.92 Å². The molecule has 0 atom stereocenters. The van der Waals surface area contributed by atoms with E-state index in [0.717, 1.165) is 17.2 Å². The zero-order valence-electron chi connectivity index (χ0n) is 12.4. The summed E-state index contributed by atoms with van der Waals surface area (Å²) < 4.78 is 5.56. The number of furan rings is 1. The van der Waals surface area contributed by atoms with Crippen LogP contribution in [0.15, 0.2) is 41.0 Å². The Bertz CT molecular complexity index is 960. The van der Waals surface area contributed by atoms with E-state index in [-0.39, 0.29) is 0 Å². The van der Waals surface area contributed by atoms with Crippen molar-refractivity contribution in [2.75, 3.05) is 0 Å². The summed E-state index contributed by atoms with van der Waals surface area (Å²) in [5.41, 5.74) is 3.47. The van der Waals surface area contributed by atoms with Crippen molar-refractivity contribution in [3.8, 4) is 11.3 Å². The second-order valence-electron chi connectivity index (χ2n) is 5.64. The highest BCUT2D eigenvalue weighted by molar-refractivity contribution is 6.54. The Hall–Kier alpha value is -2.68. The fourth-order valence-corrected chi connectivity index (χ4v) is 3.32. The molecule has 0 amide bonds. The van der Waals surface area contributed by atoms with Gasteiger partial charge in [0.05, 0.1) is 11.8 Å². The number of carbonyl (C=O) groups is 2. The molecule has 0 saturated heterocycles. The molecule has 0 unspecified atom stereocenters. The Labute approximate surface area is 127 Å². The monoisotopic (exact) mass is 290 g/mol. The van der Waals surface area contributed by atoms with Crippen molar-refractivity contribution in [2.24, 2.45) is 0 Å². The average molecular weight is 290 g/mol. The zero-order chi connectivity index (χ0) is 15.4. The highest BCUT2D eigenvalue weighted by Crippen LogP contribution is 2.40. The maximum Gasteiger partial charge on any atom is 0.237 e. The van der Waals surface area contributed by atoms with Crippen LogP contribution in [-0.4, -0.2) is 11.6 Å². The third-order valence-corrected chi connectivity index (χ3v) is 4.41. The predicted molar refractivity (Wildman–Crippen MR) is 84.4 cm³/mol. The molecule has 108 valence electrons. The molecular formula is C19H14O3. The second-order valence-corrected chi connectivity index (χ2v) is 5.64. The normalized spacial score (nSPS) is 13.4. The predicted octanol–water partition coefficient (Wildman–Crippen LogP) is 4.35. The third-order valence-electron chi connectivity index (χ3n) is 4.41. The van der Waals surface area contributed by atoms with Crippen LogP contribution >= 0.6 is 0 Å². The Morgan fingerprint density at radius 2 is 1.73 bits per heavy atom. The van der Waals surface area contributed by atoms with E-state index in [4.69, 9.17) is 4.42 Å². The van der Waals surface area contributed by atoms with Gasteiger partial charge in [-0.1, -0.05) is 31.2 Å². The van der Waals surface area contributed by atoms with Crippen LogP contribution in [0.25, 0.3) is 22.1 Å². The topological polar surface area (TPSA) is 47.3 Å². The van der Waals surface area contributed by atoms with Crippen molar-refractivity contribution in [1.82, 2.24) is 0 Å². The van der Waals surface area contributed by atoms with Crippen molar-refractivity contribution < 1.29 is 14.0 Å². The lowest BCUT2D eigenvalue weighted by Gasteiger charge is -2.17. The first kappa shape index (κ1) is 13.0. The van der Waals surface area contributed by atoms with Crippen LogP contribution in [-0.2, 0) is 6.42 Å². The van der Waals surface area contributed by atoms with Gasteiger partial charge in [0.25, 0.3) is 0 Å². The molecule has 1 aliphatic carbocycles. The van der Waals surface area contributed by atoms with Crippen LogP contribution in [0, 0.1) is 6.92 Å². The summed E-state index contributed by atoms with van der Waals surface area (Å²) in [6.07, 6.45) is 2.42. The molecule has 1 aromatic heterocycles. The Balaban J connectivity index is 2.16. The largest absolute Gasteiger partial charge is 0.463 e. The smallest absolute Gasteiger partial charge is 0.237 e. The van der Waals surface area contributed by atoms with Crippen LogP contribution < -0.4 is 0 Å². The van der Waals surface area contributed by atoms with Crippen molar-refractivity contribution in [3.63, 3.8) is 0 Å². The highest BCUT2D eigenvalue weighted by Gasteiger charge is 2.35. The van der Waals surface area contributed by atoms with Gasteiger partial charge in [0, 0.05) is 11.1 Å². The lowest BCUT2D eigenvalue weighted by molar-refractivity contribution is 0.0815. The van der Waals surface area contributed by atoms with Gasteiger partial charge in [-0.3, -0.25) is 9.59 Å². The number of benzene rings is 2. The fourth-order valence-electron chi connectivity index (χ4n) is 3.32. The molecule has 0 N–H and O–H groups in total. The number of carbonyl (C=O) groups excluding carboxylic acids is 2. The van der Waals surface area contributed by atoms with Crippen molar-refractivity contribution in [1.29, 1.82) is 0 Å². The van der Waals surface area contributed by atoms with Crippen LogP contribution in [0.2, 0.25) is 0 Å². The third kappa shape index (κ3) is 1.51. The molecule has 0 saturated carbocycles. The minimum absolute atomic E-state index is 0.406. The summed E-state index contributed by atoms with van der Waals surface area (Å²) in [6.45, 7) is 3.87. The SMILES string of the molecule is CCc1cccc2c3c(ccc12)-c1occ(C)c1C(=O)C3=O. The van der Waals surface area contributed by atoms with E-state index in [0.29, 0.717) is 28.0 Å². The second kappa shape index (κ2) is 4.41. The lowest BCUT2D eigenvalue weighted by atomic mass is 9.83. The maximum atomic E-state index is 12.7. The minimum atomic E-state index is -0.469. The quantitative estimate of drug-likeness (QED) is 0.626. The lowest BCUT2D eigenvalue weighted by Crippen LogP contribution is -2.21. The molecule has 3 heteroatoms. The highest BCUT2D eigenvalue weighted by atomic mass is 16.3. The molecule has 3 nitrogen and oxygen atoms in total. The molecule has 0 spiro atoms. The Kier molecular flexibility index (Phi) is 2.61. The Morgan fingerprint density at radius 1 is 0.955 bits per heavy atom. The zero-order valence-corrected chi connectivity index (χ0v) is 12.4. The molecule has 1 heterocycles. The fraction of sp³-hybridized carbons (Fsp3) is 0.158. The van der Waals surface area contributed by atoms with E-state index in [9.17, 15) is 9.59 Å². The van der Waals surface area contributed by atoms with Crippen LogP contribution in [0.3, 0.4) is 0 Å². The summed E-state index contributed by atoms with van der Waals surface area (Å²) in [6, 6.07) is 9.79.